The molecule has 0 unspecified atom stereocenters. The van der Waals surface area contributed by atoms with Gasteiger partial charge in [-0.3, -0.25) is 0 Å². The van der Waals surface area contributed by atoms with Crippen LogP contribution in [0.25, 0.3) is 0 Å². The minimum Gasteiger partial charge on any atom is -0.0737 e. The van der Waals surface area contributed by atoms with Crippen LogP contribution in [0.2, 0.25) is 131 Å². The molecular weight excluding hydrogens is 493 g/mol. The molecule has 0 spiro atoms. The van der Waals surface area contributed by atoms with Gasteiger partial charge in [0.25, 0.3) is 0 Å². The Morgan fingerprint density at radius 1 is 0.207 bits per heavy atom. The Balaban J connectivity index is 8.26. The predicted octanol–water partition coefficient (Wildman–Crippen LogP) is 8.25. The lowest BCUT2D eigenvalue weighted by Crippen LogP contribution is -3.05. The fraction of sp³-hybridized carbons (Fsp3) is 1.00. The van der Waals surface area contributed by atoms with Crippen LogP contribution in [0.3, 0.4) is 0 Å². The van der Waals surface area contributed by atoms with E-state index >= 15 is 0 Å². The van der Waals surface area contributed by atoms with Gasteiger partial charge in [-0.15, -0.1) is 0 Å². The first-order valence-electron chi connectivity index (χ1n) is 12.0. The Labute approximate surface area is 194 Å². The Bertz CT molecular complexity index is 482. The average Bonchev–Trinajstić information content (AvgIpc) is 2.31. The van der Waals surface area contributed by atoms with Crippen molar-refractivity contribution in [2.45, 2.75) is 131 Å². The van der Waals surface area contributed by atoms with Crippen LogP contribution in [0.4, 0.5) is 0 Å². The number of rotatable bonds is 8. The summed E-state index contributed by atoms with van der Waals surface area (Å²) in [4.78, 5) is 0. The van der Waals surface area contributed by atoms with Crippen LogP contribution in [0.5, 0.6) is 0 Å². The Morgan fingerprint density at radius 2 is 0.310 bits per heavy atom. The molecule has 0 fully saturated rings. The summed E-state index contributed by atoms with van der Waals surface area (Å²) in [6, 6.07) is 0. The van der Waals surface area contributed by atoms with Gasteiger partial charge in [0.15, 0.2) is 0 Å². The number of hydrogen-bond acceptors (Lipinski definition) is 0. The zero-order chi connectivity index (χ0) is 24.5. The molecule has 0 N–H and O–H groups in total. The molecule has 0 rings (SSSR count). The summed E-state index contributed by atoms with van der Waals surface area (Å²) < 4.78 is 0. The SMILES string of the molecule is C[Si](C)(C)[Si](C)(C)[Si]([Si](C)(C)[Si](C)(C)C)([Si](C)(C)[Si](C)(C)C)[Si](C)(C)[Si](C)(C)C. The molecule has 0 amide bonds. The summed E-state index contributed by atoms with van der Waals surface area (Å²) in [5.74, 6) is 0. The molecule has 0 aliphatic rings. The monoisotopic (exact) mass is 552 g/mol. The Morgan fingerprint density at radius 3 is 0.379 bits per heavy atom. The fourth-order valence-corrected chi connectivity index (χ4v) is 430. The van der Waals surface area contributed by atoms with Gasteiger partial charge in [0.05, 0.1) is 0 Å². The van der Waals surface area contributed by atoms with E-state index in [4.69, 9.17) is 0 Å². The molecule has 29 heavy (non-hydrogen) atoms. The first-order chi connectivity index (χ1) is 12.0. The summed E-state index contributed by atoms with van der Waals surface area (Å²) in [5, 5.41) is 0. The minimum atomic E-state index is -1.45. The maximum Gasteiger partial charge on any atom is 0.0348 e. The quantitative estimate of drug-likeness (QED) is 0.266. The fourth-order valence-electron chi connectivity index (χ4n) is 6.94. The minimum absolute atomic E-state index is 1.21. The van der Waals surface area contributed by atoms with Gasteiger partial charge in [0.2, 0.25) is 0 Å². The largest absolute Gasteiger partial charge is 0.0737 e. The standard InChI is InChI=1S/C20H60Si9/c1-21(2,3)25(13,14)29(26(15,16)22(4,5)6,27(17,18)23(7,8)9)28(19,20)24(10,11)12/h1-20H3. The van der Waals surface area contributed by atoms with Gasteiger partial charge in [-0.05, 0) is 0 Å². The van der Waals surface area contributed by atoms with Crippen molar-refractivity contribution >= 4 is 64.9 Å². The van der Waals surface area contributed by atoms with E-state index in [0.29, 0.717) is 0 Å². The zero-order valence-corrected chi connectivity index (χ0v) is 33.5. The van der Waals surface area contributed by atoms with Crippen molar-refractivity contribution < 1.29 is 0 Å². The lowest BCUT2D eigenvalue weighted by Gasteiger charge is -2.75. The van der Waals surface area contributed by atoms with Crippen LogP contribution in [0.15, 0.2) is 0 Å². The molecule has 0 aliphatic heterocycles. The van der Waals surface area contributed by atoms with Crippen LogP contribution in [0, 0.1) is 0 Å². The molecule has 9 heteroatoms. The van der Waals surface area contributed by atoms with E-state index in [1.807, 2.05) is 0 Å². The van der Waals surface area contributed by atoms with E-state index in [1.165, 1.54) is 0 Å². The van der Waals surface area contributed by atoms with Crippen molar-refractivity contribution in [2.24, 2.45) is 0 Å². The van der Waals surface area contributed by atoms with Crippen LogP contribution in [0.1, 0.15) is 0 Å². The van der Waals surface area contributed by atoms with Crippen LogP contribution in [-0.4, -0.2) is 64.9 Å². The molecule has 0 radical (unpaired) electrons. The molecular formula is C20H60Si9. The molecule has 0 aromatic heterocycles. The van der Waals surface area contributed by atoms with Crippen molar-refractivity contribution in [3.8, 4) is 0 Å². The molecule has 0 heterocycles. The zero-order valence-electron chi connectivity index (χ0n) is 24.5. The highest BCUT2D eigenvalue weighted by atomic mass is 30.4. The van der Waals surface area contributed by atoms with Gasteiger partial charge in [-0.25, -0.2) is 0 Å². The van der Waals surface area contributed by atoms with E-state index in [2.05, 4.69) is 131 Å². The first kappa shape index (κ1) is 31.0. The van der Waals surface area contributed by atoms with Gasteiger partial charge >= 0.3 is 0 Å². The summed E-state index contributed by atoms with van der Waals surface area (Å²) in [7, 11) is -10.3. The third-order valence-electron chi connectivity index (χ3n) is 11.2. The topological polar surface area (TPSA) is 0 Å². The first-order valence-corrected chi connectivity index (χ1v) is 48.0. The average molecular weight is 553 g/mol. The van der Waals surface area contributed by atoms with Gasteiger partial charge in [-0.1, -0.05) is 131 Å². The predicted molar refractivity (Wildman–Crippen MR) is 169 cm³/mol. The van der Waals surface area contributed by atoms with Gasteiger partial charge in [0, 0.05) is 64.9 Å². The van der Waals surface area contributed by atoms with Gasteiger partial charge < -0.3 is 0 Å². The van der Waals surface area contributed by atoms with Crippen molar-refractivity contribution in [2.75, 3.05) is 0 Å². The van der Waals surface area contributed by atoms with Crippen molar-refractivity contribution in [1.29, 1.82) is 0 Å². The molecule has 0 aromatic carbocycles. The van der Waals surface area contributed by atoms with Crippen molar-refractivity contribution in [3.05, 3.63) is 0 Å². The van der Waals surface area contributed by atoms with Crippen molar-refractivity contribution in [3.63, 3.8) is 0 Å². The summed E-state index contributed by atoms with van der Waals surface area (Å²) in [6.07, 6.45) is -1.45. The van der Waals surface area contributed by atoms with E-state index in [9.17, 15) is 0 Å². The molecule has 176 valence electrons. The van der Waals surface area contributed by atoms with Gasteiger partial charge in [0.1, 0.15) is 0 Å². The maximum absolute atomic E-state index is 3.02. The van der Waals surface area contributed by atoms with E-state index in [-0.39, 0.29) is 0 Å². The highest BCUT2D eigenvalue weighted by Crippen LogP contribution is 2.53. The highest BCUT2D eigenvalue weighted by Gasteiger charge is 2.79. The molecule has 0 saturated heterocycles. The van der Waals surface area contributed by atoms with Crippen LogP contribution in [-0.2, 0) is 0 Å². The summed E-state index contributed by atoms with van der Waals surface area (Å²) >= 11 is 0. The lowest BCUT2D eigenvalue weighted by molar-refractivity contribution is 1.71. The second kappa shape index (κ2) is 8.02. The van der Waals surface area contributed by atoms with Crippen molar-refractivity contribution in [1.82, 2.24) is 0 Å². The molecule has 0 nitrogen and oxygen atoms in total. The molecule has 0 atom stereocenters. The molecule has 0 aromatic rings. The third-order valence-corrected chi connectivity index (χ3v) is 236. The second-order valence-corrected chi connectivity index (χ2v) is 121. The molecule has 0 aliphatic carbocycles. The lowest BCUT2D eigenvalue weighted by atomic mass is 11.8. The smallest absolute Gasteiger partial charge is 0.0348 e. The normalized spacial score (nSPS) is 17.0. The van der Waals surface area contributed by atoms with Crippen LogP contribution < -0.4 is 0 Å². The molecule has 0 bridgehead atoms. The maximum atomic E-state index is 3.02. The van der Waals surface area contributed by atoms with Crippen LogP contribution >= 0.6 is 0 Å². The third kappa shape index (κ3) is 4.28. The van der Waals surface area contributed by atoms with E-state index in [0.717, 1.165) is 0 Å². The summed E-state index contributed by atoms with van der Waals surface area (Å²) in [6.45, 7) is 58.0. The Kier molecular flexibility index (Phi) is 8.56. The number of hydrogen-bond donors (Lipinski definition) is 0. The van der Waals surface area contributed by atoms with E-state index < -0.39 is 64.9 Å². The Hall–Kier alpha value is 1.95. The highest BCUT2D eigenvalue weighted by molar-refractivity contribution is 8.25. The summed E-state index contributed by atoms with van der Waals surface area (Å²) in [5.41, 5.74) is 0. The molecule has 0 saturated carbocycles. The second-order valence-electron chi connectivity index (χ2n) is 16.2. The van der Waals surface area contributed by atoms with Gasteiger partial charge in [-0.2, -0.15) is 0 Å². The van der Waals surface area contributed by atoms with E-state index in [1.54, 1.807) is 0 Å².